The molecule has 1 aliphatic carbocycles. The van der Waals surface area contributed by atoms with Gasteiger partial charge in [-0.05, 0) is 37.8 Å². The molecule has 4 aromatic heterocycles. The summed E-state index contributed by atoms with van der Waals surface area (Å²) >= 11 is 0. The van der Waals surface area contributed by atoms with Gasteiger partial charge in [0.15, 0.2) is 0 Å². The summed E-state index contributed by atoms with van der Waals surface area (Å²) in [4.78, 5) is 12.4. The number of nitrogens with one attached hydrogen (secondary N) is 1. The van der Waals surface area contributed by atoms with E-state index in [1.54, 1.807) is 6.07 Å². The first-order valence-electron chi connectivity index (χ1n) is 11.6. The van der Waals surface area contributed by atoms with E-state index in [9.17, 15) is 22.0 Å². The molecule has 192 valence electrons. The summed E-state index contributed by atoms with van der Waals surface area (Å²) < 4.78 is 69.3. The van der Waals surface area contributed by atoms with E-state index in [2.05, 4.69) is 36.0 Å². The third-order valence-electron chi connectivity index (χ3n) is 6.38. The summed E-state index contributed by atoms with van der Waals surface area (Å²) in [7, 11) is 0. The smallest absolute Gasteiger partial charge is 0.351 e. The first-order chi connectivity index (χ1) is 17.7. The second-order valence-electron chi connectivity index (χ2n) is 8.93. The molecule has 0 unspecified atom stereocenters. The summed E-state index contributed by atoms with van der Waals surface area (Å²) in [5, 5.41) is 16.9. The van der Waals surface area contributed by atoms with Crippen molar-refractivity contribution in [3.8, 4) is 17.3 Å². The fourth-order valence-electron chi connectivity index (χ4n) is 4.74. The Balaban J connectivity index is 1.38. The fraction of sp³-hybridized carbons (Fsp3) is 0.375. The third-order valence-corrected chi connectivity index (χ3v) is 6.38. The molecule has 8 nitrogen and oxygen atoms in total. The standard InChI is InChI=1S/C24H21F5N8/c25-20(26)13-36-12-16(10-33-36)21-19(24(27,28)29)11-32-23(35-21)34-17-2-1-3-18(7-17)37-5-4-15-6-14(8-30)9-31-22(15)37/h4-6,9-12,17-18,20H,1-3,7,13H2,(H,32,34,35)/t17-,18+/m1/s1. The minimum Gasteiger partial charge on any atom is -0.351 e. The molecule has 0 radical (unpaired) electrons. The highest BCUT2D eigenvalue weighted by Gasteiger charge is 2.36. The number of rotatable bonds is 6. The maximum Gasteiger partial charge on any atom is 0.419 e. The number of aromatic nitrogens is 6. The van der Waals surface area contributed by atoms with Gasteiger partial charge in [0.25, 0.3) is 6.43 Å². The first kappa shape index (κ1) is 24.6. The van der Waals surface area contributed by atoms with Crippen LogP contribution in [0.5, 0.6) is 0 Å². The highest BCUT2D eigenvalue weighted by Crippen LogP contribution is 2.37. The molecule has 5 rings (SSSR count). The van der Waals surface area contributed by atoms with Crippen molar-refractivity contribution in [2.24, 2.45) is 0 Å². The fourth-order valence-corrected chi connectivity index (χ4v) is 4.74. The van der Waals surface area contributed by atoms with E-state index < -0.39 is 30.4 Å². The Labute approximate surface area is 207 Å². The Bertz CT molecular complexity index is 1450. The van der Waals surface area contributed by atoms with E-state index in [1.165, 1.54) is 6.20 Å². The Morgan fingerprint density at radius 1 is 1.16 bits per heavy atom. The number of alkyl halides is 5. The van der Waals surface area contributed by atoms with Gasteiger partial charge in [-0.2, -0.15) is 23.5 Å². The number of halogens is 5. The number of fused-ring (bicyclic) bond motifs is 1. The van der Waals surface area contributed by atoms with Gasteiger partial charge >= 0.3 is 6.18 Å². The van der Waals surface area contributed by atoms with Crippen LogP contribution >= 0.6 is 0 Å². The van der Waals surface area contributed by atoms with Crippen molar-refractivity contribution in [3.63, 3.8) is 0 Å². The second-order valence-corrected chi connectivity index (χ2v) is 8.93. The molecule has 0 spiro atoms. The van der Waals surface area contributed by atoms with E-state index in [4.69, 9.17) is 5.26 Å². The molecule has 13 heteroatoms. The van der Waals surface area contributed by atoms with Crippen LogP contribution in [0.1, 0.15) is 42.9 Å². The maximum atomic E-state index is 13.7. The monoisotopic (exact) mass is 516 g/mol. The molecule has 4 heterocycles. The number of nitriles is 1. The summed E-state index contributed by atoms with van der Waals surface area (Å²) in [6, 6.07) is 5.73. The lowest BCUT2D eigenvalue weighted by atomic mass is 9.91. The van der Waals surface area contributed by atoms with E-state index in [-0.39, 0.29) is 23.6 Å². The number of pyridine rings is 1. The van der Waals surface area contributed by atoms with Gasteiger partial charge in [0.2, 0.25) is 5.95 Å². The lowest BCUT2D eigenvalue weighted by Gasteiger charge is -2.31. The predicted octanol–water partition coefficient (Wildman–Crippen LogP) is 5.44. The van der Waals surface area contributed by atoms with Crippen LogP contribution in [-0.2, 0) is 12.7 Å². The van der Waals surface area contributed by atoms with Crippen molar-refractivity contribution in [3.05, 3.63) is 54.2 Å². The van der Waals surface area contributed by atoms with Crippen molar-refractivity contribution in [1.82, 2.24) is 29.3 Å². The van der Waals surface area contributed by atoms with Crippen LogP contribution in [0.4, 0.5) is 27.9 Å². The normalized spacial score (nSPS) is 18.3. The summed E-state index contributed by atoms with van der Waals surface area (Å²) in [5.41, 5.74) is -0.284. The maximum absolute atomic E-state index is 13.7. The van der Waals surface area contributed by atoms with Gasteiger partial charge in [-0.25, -0.2) is 23.7 Å². The Kier molecular flexibility index (Phi) is 6.49. The average molecular weight is 516 g/mol. The van der Waals surface area contributed by atoms with Crippen molar-refractivity contribution in [2.45, 2.75) is 56.9 Å². The number of anilines is 1. The van der Waals surface area contributed by atoms with Crippen LogP contribution in [0.15, 0.2) is 43.1 Å². The lowest BCUT2D eigenvalue weighted by molar-refractivity contribution is -0.137. The van der Waals surface area contributed by atoms with Crippen molar-refractivity contribution < 1.29 is 22.0 Å². The minimum atomic E-state index is -4.73. The van der Waals surface area contributed by atoms with Crippen LogP contribution in [-0.4, -0.2) is 41.8 Å². The van der Waals surface area contributed by atoms with Crippen molar-refractivity contribution in [2.75, 3.05) is 5.32 Å². The molecule has 1 aliphatic rings. The Morgan fingerprint density at radius 2 is 2.00 bits per heavy atom. The van der Waals surface area contributed by atoms with Gasteiger partial charge < -0.3 is 9.88 Å². The zero-order valence-electron chi connectivity index (χ0n) is 19.3. The van der Waals surface area contributed by atoms with Gasteiger partial charge in [-0.15, -0.1) is 0 Å². The van der Waals surface area contributed by atoms with Crippen LogP contribution in [0.25, 0.3) is 22.3 Å². The average Bonchev–Trinajstić information content (AvgIpc) is 3.49. The molecule has 2 atom stereocenters. The minimum absolute atomic E-state index is 0.0180. The van der Waals surface area contributed by atoms with Crippen LogP contribution in [0, 0.1) is 11.3 Å². The summed E-state index contributed by atoms with van der Waals surface area (Å²) in [6.07, 6.45) is 2.12. The SMILES string of the molecule is N#Cc1cnc2c(ccn2[C@H]2CCC[C@@H](Nc3ncc(C(F)(F)F)c(-c4cnn(CC(F)F)c4)n3)C2)c1. The molecular formula is C24H21F5N8. The van der Waals surface area contributed by atoms with Gasteiger partial charge in [0, 0.05) is 47.8 Å². The largest absolute Gasteiger partial charge is 0.419 e. The predicted molar refractivity (Wildman–Crippen MR) is 124 cm³/mol. The quantitative estimate of drug-likeness (QED) is 0.343. The van der Waals surface area contributed by atoms with Gasteiger partial charge in [-0.3, -0.25) is 4.68 Å². The third kappa shape index (κ3) is 5.23. The first-order valence-corrected chi connectivity index (χ1v) is 11.6. The van der Waals surface area contributed by atoms with Gasteiger partial charge in [0.05, 0.1) is 17.5 Å². The van der Waals surface area contributed by atoms with Crippen LogP contribution < -0.4 is 5.32 Å². The number of hydrogen-bond acceptors (Lipinski definition) is 6. The molecule has 0 saturated heterocycles. The molecule has 0 aliphatic heterocycles. The molecule has 4 aromatic rings. The molecule has 1 saturated carbocycles. The molecule has 1 N–H and O–H groups in total. The lowest BCUT2D eigenvalue weighted by Crippen LogP contribution is -2.29. The highest BCUT2D eigenvalue weighted by molar-refractivity contribution is 5.77. The van der Waals surface area contributed by atoms with E-state index in [0.717, 1.165) is 47.4 Å². The van der Waals surface area contributed by atoms with E-state index in [0.29, 0.717) is 18.2 Å². The topological polar surface area (TPSA) is 97.2 Å². The van der Waals surface area contributed by atoms with Crippen molar-refractivity contribution >= 4 is 17.0 Å². The number of nitrogens with zero attached hydrogens (tertiary/aromatic N) is 7. The molecule has 37 heavy (non-hydrogen) atoms. The number of hydrogen-bond donors (Lipinski definition) is 1. The molecule has 1 fully saturated rings. The molecule has 0 amide bonds. The zero-order valence-corrected chi connectivity index (χ0v) is 19.3. The zero-order chi connectivity index (χ0) is 26.2. The molecule has 0 bridgehead atoms. The van der Waals surface area contributed by atoms with Crippen LogP contribution in [0.3, 0.4) is 0 Å². The summed E-state index contributed by atoms with van der Waals surface area (Å²) in [6.45, 7) is -0.734. The van der Waals surface area contributed by atoms with Crippen LogP contribution in [0.2, 0.25) is 0 Å². The summed E-state index contributed by atoms with van der Waals surface area (Å²) in [5.74, 6) is 0.0180. The van der Waals surface area contributed by atoms with E-state index in [1.807, 2.05) is 12.3 Å². The molecule has 0 aromatic carbocycles. The second kappa shape index (κ2) is 9.76. The van der Waals surface area contributed by atoms with Crippen molar-refractivity contribution in [1.29, 1.82) is 5.26 Å². The van der Waals surface area contributed by atoms with Gasteiger partial charge in [-0.1, -0.05) is 0 Å². The Morgan fingerprint density at radius 3 is 2.76 bits per heavy atom. The highest BCUT2D eigenvalue weighted by atomic mass is 19.4. The van der Waals surface area contributed by atoms with Gasteiger partial charge in [0.1, 0.15) is 23.8 Å². The Hall–Kier alpha value is -4.08. The molecular weight excluding hydrogens is 495 g/mol. The van der Waals surface area contributed by atoms with E-state index >= 15 is 0 Å².